The van der Waals surface area contributed by atoms with Gasteiger partial charge in [0.25, 0.3) is 0 Å². The lowest BCUT2D eigenvalue weighted by atomic mass is 9.79. The fourth-order valence-electron chi connectivity index (χ4n) is 2.10. The van der Waals surface area contributed by atoms with Gasteiger partial charge in [-0.1, -0.05) is 30.7 Å². The van der Waals surface area contributed by atoms with Crippen molar-refractivity contribution < 1.29 is 18.3 Å². The van der Waals surface area contributed by atoms with Crippen LogP contribution in [0.3, 0.4) is 0 Å². The van der Waals surface area contributed by atoms with Crippen molar-refractivity contribution in [1.82, 2.24) is 0 Å². The predicted molar refractivity (Wildman–Crippen MR) is 58.7 cm³/mol. The Hall–Kier alpha value is -1.03. The SMILES string of the molecule is OC(CC(F)(F)F)c1cccc(C2CCC2)c1. The average molecular weight is 244 g/mol. The second kappa shape index (κ2) is 4.69. The third kappa shape index (κ3) is 3.22. The van der Waals surface area contributed by atoms with E-state index in [0.29, 0.717) is 11.5 Å². The van der Waals surface area contributed by atoms with E-state index in [9.17, 15) is 18.3 Å². The van der Waals surface area contributed by atoms with Crippen molar-refractivity contribution in [2.24, 2.45) is 0 Å². The van der Waals surface area contributed by atoms with E-state index in [2.05, 4.69) is 0 Å². The first-order valence-corrected chi connectivity index (χ1v) is 5.80. The van der Waals surface area contributed by atoms with Gasteiger partial charge in [0.15, 0.2) is 0 Å². The minimum Gasteiger partial charge on any atom is -0.388 e. The van der Waals surface area contributed by atoms with Gasteiger partial charge < -0.3 is 5.11 Å². The molecule has 17 heavy (non-hydrogen) atoms. The molecule has 0 aromatic heterocycles. The summed E-state index contributed by atoms with van der Waals surface area (Å²) in [7, 11) is 0. The maximum Gasteiger partial charge on any atom is 0.391 e. The molecule has 1 fully saturated rings. The second-order valence-corrected chi connectivity index (χ2v) is 4.63. The molecule has 1 aliphatic rings. The highest BCUT2D eigenvalue weighted by Crippen LogP contribution is 2.37. The highest BCUT2D eigenvalue weighted by molar-refractivity contribution is 5.29. The lowest BCUT2D eigenvalue weighted by Gasteiger charge is -2.26. The Bertz CT molecular complexity index is 382. The number of alkyl halides is 3. The van der Waals surface area contributed by atoms with Crippen LogP contribution in [0, 0.1) is 0 Å². The van der Waals surface area contributed by atoms with E-state index in [0.717, 1.165) is 18.4 Å². The van der Waals surface area contributed by atoms with Crippen LogP contribution >= 0.6 is 0 Å². The minimum atomic E-state index is -4.33. The molecular formula is C13H15F3O. The van der Waals surface area contributed by atoms with Crippen LogP contribution in [0.5, 0.6) is 0 Å². The highest BCUT2D eigenvalue weighted by atomic mass is 19.4. The predicted octanol–water partition coefficient (Wildman–Crippen LogP) is 3.94. The summed E-state index contributed by atoms with van der Waals surface area (Å²) in [6.07, 6.45) is -3.58. The van der Waals surface area contributed by atoms with Crippen molar-refractivity contribution in [3.8, 4) is 0 Å². The summed E-state index contributed by atoms with van der Waals surface area (Å²) in [5, 5.41) is 9.53. The quantitative estimate of drug-likeness (QED) is 0.853. The van der Waals surface area contributed by atoms with Gasteiger partial charge in [0, 0.05) is 0 Å². The maximum absolute atomic E-state index is 12.2. The van der Waals surface area contributed by atoms with E-state index in [1.807, 2.05) is 6.07 Å². The molecule has 0 aliphatic heterocycles. The number of halogens is 3. The molecule has 0 heterocycles. The van der Waals surface area contributed by atoms with E-state index < -0.39 is 18.7 Å². The van der Waals surface area contributed by atoms with E-state index in [1.165, 1.54) is 6.42 Å². The second-order valence-electron chi connectivity index (χ2n) is 4.63. The van der Waals surface area contributed by atoms with Gasteiger partial charge >= 0.3 is 6.18 Å². The van der Waals surface area contributed by atoms with E-state index in [-0.39, 0.29) is 0 Å². The third-order valence-electron chi connectivity index (χ3n) is 3.30. The van der Waals surface area contributed by atoms with Gasteiger partial charge in [-0.05, 0) is 29.9 Å². The Balaban J connectivity index is 2.09. The molecule has 1 aromatic carbocycles. The molecule has 0 spiro atoms. The Morgan fingerprint density at radius 3 is 2.53 bits per heavy atom. The number of hydrogen-bond acceptors (Lipinski definition) is 1. The zero-order valence-electron chi connectivity index (χ0n) is 9.37. The van der Waals surface area contributed by atoms with Crippen molar-refractivity contribution in [2.45, 2.75) is 43.9 Å². The molecule has 94 valence electrons. The van der Waals surface area contributed by atoms with Gasteiger partial charge in [-0.15, -0.1) is 0 Å². The standard InChI is InChI=1S/C13H15F3O/c14-13(15,16)8-12(17)11-6-2-5-10(7-11)9-3-1-4-9/h2,5-7,9,12,17H,1,3-4,8H2. The van der Waals surface area contributed by atoms with Crippen molar-refractivity contribution in [3.63, 3.8) is 0 Å². The average Bonchev–Trinajstić information content (AvgIpc) is 2.12. The third-order valence-corrected chi connectivity index (χ3v) is 3.30. The lowest BCUT2D eigenvalue weighted by Crippen LogP contribution is -2.14. The summed E-state index contributed by atoms with van der Waals surface area (Å²) < 4.78 is 36.5. The van der Waals surface area contributed by atoms with Crippen LogP contribution < -0.4 is 0 Å². The Labute approximate surface area is 98.3 Å². The van der Waals surface area contributed by atoms with Crippen LogP contribution in [0.4, 0.5) is 13.2 Å². The van der Waals surface area contributed by atoms with Crippen LogP contribution in [0.1, 0.15) is 48.8 Å². The molecule has 1 unspecified atom stereocenters. The molecule has 0 bridgehead atoms. The molecule has 2 rings (SSSR count). The molecule has 1 N–H and O–H groups in total. The van der Waals surface area contributed by atoms with E-state index in [1.54, 1.807) is 18.2 Å². The smallest absolute Gasteiger partial charge is 0.388 e. The number of benzene rings is 1. The number of aliphatic hydroxyl groups excluding tert-OH is 1. The van der Waals surface area contributed by atoms with Crippen LogP contribution in [0.15, 0.2) is 24.3 Å². The van der Waals surface area contributed by atoms with Crippen molar-refractivity contribution in [2.75, 3.05) is 0 Å². The monoisotopic (exact) mass is 244 g/mol. The van der Waals surface area contributed by atoms with E-state index in [4.69, 9.17) is 0 Å². The van der Waals surface area contributed by atoms with Gasteiger partial charge in [-0.3, -0.25) is 0 Å². The maximum atomic E-state index is 12.2. The molecule has 1 aliphatic carbocycles. The molecule has 0 saturated heterocycles. The Morgan fingerprint density at radius 1 is 1.29 bits per heavy atom. The normalized spacial score (nSPS) is 18.8. The summed E-state index contributed by atoms with van der Waals surface area (Å²) in [6, 6.07) is 6.91. The van der Waals surface area contributed by atoms with Gasteiger partial charge in [0.1, 0.15) is 0 Å². The van der Waals surface area contributed by atoms with Gasteiger partial charge in [-0.25, -0.2) is 0 Å². The molecule has 0 radical (unpaired) electrons. The van der Waals surface area contributed by atoms with Gasteiger partial charge in [0.05, 0.1) is 12.5 Å². The Morgan fingerprint density at radius 2 is 2.00 bits per heavy atom. The van der Waals surface area contributed by atoms with Crippen molar-refractivity contribution >= 4 is 0 Å². The van der Waals surface area contributed by atoms with Crippen LogP contribution in [0.2, 0.25) is 0 Å². The largest absolute Gasteiger partial charge is 0.391 e. The van der Waals surface area contributed by atoms with Crippen LogP contribution in [0.25, 0.3) is 0 Å². The van der Waals surface area contributed by atoms with Gasteiger partial charge in [-0.2, -0.15) is 13.2 Å². The summed E-state index contributed by atoms with van der Waals surface area (Å²) in [5.74, 6) is 0.466. The fraction of sp³-hybridized carbons (Fsp3) is 0.538. The first-order chi connectivity index (χ1) is 7.96. The molecule has 1 aromatic rings. The Kier molecular flexibility index (Phi) is 3.43. The van der Waals surface area contributed by atoms with Crippen molar-refractivity contribution in [3.05, 3.63) is 35.4 Å². The van der Waals surface area contributed by atoms with Crippen molar-refractivity contribution in [1.29, 1.82) is 0 Å². The van der Waals surface area contributed by atoms with Crippen LogP contribution in [-0.2, 0) is 0 Å². The lowest BCUT2D eigenvalue weighted by molar-refractivity contribution is -0.154. The minimum absolute atomic E-state index is 0.367. The molecule has 1 atom stereocenters. The molecule has 1 nitrogen and oxygen atoms in total. The fourth-order valence-corrected chi connectivity index (χ4v) is 2.10. The first-order valence-electron chi connectivity index (χ1n) is 5.80. The summed E-state index contributed by atoms with van der Waals surface area (Å²) in [6.45, 7) is 0. The zero-order valence-corrected chi connectivity index (χ0v) is 9.37. The topological polar surface area (TPSA) is 20.2 Å². The summed E-state index contributed by atoms with van der Waals surface area (Å²) in [5.41, 5.74) is 1.42. The molecular weight excluding hydrogens is 229 g/mol. The zero-order chi connectivity index (χ0) is 12.5. The summed E-state index contributed by atoms with van der Waals surface area (Å²) >= 11 is 0. The van der Waals surface area contributed by atoms with Gasteiger partial charge in [0.2, 0.25) is 0 Å². The van der Waals surface area contributed by atoms with E-state index >= 15 is 0 Å². The summed E-state index contributed by atoms with van der Waals surface area (Å²) in [4.78, 5) is 0. The number of hydrogen-bond donors (Lipinski definition) is 1. The molecule has 4 heteroatoms. The first kappa shape index (κ1) is 12.4. The number of rotatable bonds is 3. The molecule has 1 saturated carbocycles. The highest BCUT2D eigenvalue weighted by Gasteiger charge is 2.32. The molecule has 0 amide bonds. The number of aliphatic hydroxyl groups is 1. The van der Waals surface area contributed by atoms with Crippen LogP contribution in [-0.4, -0.2) is 11.3 Å².